The number of aromatic nitrogens is 2. The number of hydrogen-bond acceptors (Lipinski definition) is 6. The third-order valence-electron chi connectivity index (χ3n) is 2.76. The molecule has 0 aliphatic heterocycles. The quantitative estimate of drug-likeness (QED) is 0.670. The van der Waals surface area contributed by atoms with Gasteiger partial charge in [0.1, 0.15) is 10.7 Å². The first-order valence-corrected chi connectivity index (χ1v) is 7.27. The normalized spacial score (nSPS) is 10.3. The van der Waals surface area contributed by atoms with Crippen LogP contribution in [0.15, 0.2) is 18.2 Å². The van der Waals surface area contributed by atoms with Crippen molar-refractivity contribution in [3.63, 3.8) is 0 Å². The SMILES string of the molecule is CC(=O)c1ccc(C(=O)OCC(=O)Nc2cc(C)nn2C)s1. The number of ether oxygens (including phenoxy) is 1. The number of esters is 1. The van der Waals surface area contributed by atoms with E-state index in [0.717, 1.165) is 17.0 Å². The highest BCUT2D eigenvalue weighted by molar-refractivity contribution is 7.15. The van der Waals surface area contributed by atoms with Crippen molar-refractivity contribution >= 4 is 34.8 Å². The maximum atomic E-state index is 11.8. The lowest BCUT2D eigenvalue weighted by molar-refractivity contribution is -0.119. The number of nitrogens with one attached hydrogen (secondary N) is 1. The molecule has 0 aromatic carbocycles. The molecule has 8 heteroatoms. The number of Topliss-reactive ketones (excluding diaryl/α,β-unsaturated/α-hetero) is 1. The Morgan fingerprint density at radius 1 is 1.32 bits per heavy atom. The lowest BCUT2D eigenvalue weighted by Gasteiger charge is -2.05. The van der Waals surface area contributed by atoms with Crippen molar-refractivity contribution in [2.75, 3.05) is 11.9 Å². The molecule has 0 aliphatic rings. The number of hydrogen-bond donors (Lipinski definition) is 1. The fourth-order valence-corrected chi connectivity index (χ4v) is 2.54. The van der Waals surface area contributed by atoms with Crippen LogP contribution in [0.1, 0.15) is 32.0 Å². The zero-order chi connectivity index (χ0) is 16.3. The maximum absolute atomic E-state index is 11.8. The number of rotatable bonds is 5. The van der Waals surface area contributed by atoms with Gasteiger partial charge >= 0.3 is 5.97 Å². The number of ketones is 1. The standard InChI is InChI=1S/C14H15N3O4S/c1-8-6-12(17(3)16-8)15-13(19)7-21-14(20)11-5-4-10(22-11)9(2)18/h4-6H,7H2,1-3H3,(H,15,19). The highest BCUT2D eigenvalue weighted by Gasteiger charge is 2.15. The summed E-state index contributed by atoms with van der Waals surface area (Å²) in [6.45, 7) is 2.82. The van der Waals surface area contributed by atoms with Crippen molar-refractivity contribution in [3.8, 4) is 0 Å². The van der Waals surface area contributed by atoms with Crippen molar-refractivity contribution in [2.24, 2.45) is 7.05 Å². The molecule has 0 saturated heterocycles. The molecular weight excluding hydrogens is 306 g/mol. The molecule has 2 aromatic heterocycles. The van der Waals surface area contributed by atoms with Gasteiger partial charge in [-0.1, -0.05) is 0 Å². The summed E-state index contributed by atoms with van der Waals surface area (Å²) >= 11 is 1.04. The van der Waals surface area contributed by atoms with Crippen molar-refractivity contribution in [3.05, 3.63) is 33.6 Å². The van der Waals surface area contributed by atoms with E-state index in [1.54, 1.807) is 26.1 Å². The number of thiophene rings is 1. The van der Waals surface area contributed by atoms with Gasteiger partial charge in [-0.25, -0.2) is 4.79 Å². The Kier molecular flexibility index (Phi) is 4.71. The predicted molar refractivity (Wildman–Crippen MR) is 81.2 cm³/mol. The van der Waals surface area contributed by atoms with E-state index in [-0.39, 0.29) is 10.7 Å². The highest BCUT2D eigenvalue weighted by atomic mass is 32.1. The molecule has 1 N–H and O–H groups in total. The molecule has 2 aromatic rings. The molecule has 2 heterocycles. The third kappa shape index (κ3) is 3.79. The molecule has 0 bridgehead atoms. The highest BCUT2D eigenvalue weighted by Crippen LogP contribution is 2.18. The van der Waals surface area contributed by atoms with E-state index >= 15 is 0 Å². The zero-order valence-electron chi connectivity index (χ0n) is 12.4. The Morgan fingerprint density at radius 2 is 2.00 bits per heavy atom. The summed E-state index contributed by atoms with van der Waals surface area (Å²) in [5.74, 6) is -0.685. The van der Waals surface area contributed by atoms with Crippen molar-refractivity contribution in [2.45, 2.75) is 13.8 Å². The number of amides is 1. The summed E-state index contributed by atoms with van der Waals surface area (Å²) in [4.78, 5) is 35.5. The minimum atomic E-state index is -0.631. The molecule has 1 amide bonds. The van der Waals surface area contributed by atoms with Gasteiger partial charge in [0.25, 0.3) is 5.91 Å². The predicted octanol–water partition coefficient (Wildman–Crippen LogP) is 1.79. The fraction of sp³-hybridized carbons (Fsp3) is 0.286. The van der Waals surface area contributed by atoms with E-state index in [4.69, 9.17) is 4.74 Å². The first-order valence-electron chi connectivity index (χ1n) is 6.45. The minimum Gasteiger partial charge on any atom is -0.451 e. The monoisotopic (exact) mass is 321 g/mol. The van der Waals surface area contributed by atoms with Crippen LogP contribution in [0.3, 0.4) is 0 Å². The van der Waals surface area contributed by atoms with Gasteiger partial charge in [0.2, 0.25) is 0 Å². The molecule has 0 spiro atoms. The van der Waals surface area contributed by atoms with Gasteiger partial charge in [0.15, 0.2) is 12.4 Å². The van der Waals surface area contributed by atoms with E-state index in [2.05, 4.69) is 10.4 Å². The molecule has 0 fully saturated rings. The van der Waals surface area contributed by atoms with Gasteiger partial charge in [0, 0.05) is 13.1 Å². The van der Waals surface area contributed by atoms with Crippen LogP contribution in [0.5, 0.6) is 0 Å². The lowest BCUT2D eigenvalue weighted by Crippen LogP contribution is -2.21. The largest absolute Gasteiger partial charge is 0.451 e. The smallest absolute Gasteiger partial charge is 0.348 e. The first kappa shape index (κ1) is 15.9. The zero-order valence-corrected chi connectivity index (χ0v) is 13.2. The van der Waals surface area contributed by atoms with Gasteiger partial charge in [0.05, 0.1) is 10.6 Å². The Bertz CT molecular complexity index is 732. The Labute approximate surface area is 130 Å². The number of anilines is 1. The van der Waals surface area contributed by atoms with Crippen LogP contribution in [0, 0.1) is 6.92 Å². The summed E-state index contributed by atoms with van der Waals surface area (Å²) in [6.07, 6.45) is 0. The van der Waals surface area contributed by atoms with Crippen LogP contribution in [-0.4, -0.2) is 34.0 Å². The molecular formula is C14H15N3O4S. The Hall–Kier alpha value is -2.48. The molecule has 0 saturated carbocycles. The second-order valence-corrected chi connectivity index (χ2v) is 5.72. The number of aryl methyl sites for hydroxylation is 2. The summed E-state index contributed by atoms with van der Waals surface area (Å²) in [7, 11) is 1.70. The van der Waals surface area contributed by atoms with Crippen LogP contribution < -0.4 is 5.32 Å². The lowest BCUT2D eigenvalue weighted by atomic mass is 10.3. The molecule has 0 aliphatic carbocycles. The van der Waals surface area contributed by atoms with Crippen LogP contribution >= 0.6 is 11.3 Å². The summed E-state index contributed by atoms with van der Waals surface area (Å²) in [5, 5.41) is 6.69. The van der Waals surface area contributed by atoms with Crippen molar-refractivity contribution in [1.82, 2.24) is 9.78 Å². The van der Waals surface area contributed by atoms with Crippen LogP contribution in [0.2, 0.25) is 0 Å². The Balaban J connectivity index is 1.88. The summed E-state index contributed by atoms with van der Waals surface area (Å²) in [6, 6.07) is 4.77. The van der Waals surface area contributed by atoms with Gasteiger partial charge in [-0.2, -0.15) is 5.10 Å². The molecule has 0 unspecified atom stereocenters. The summed E-state index contributed by atoms with van der Waals surface area (Å²) in [5.41, 5.74) is 0.769. The van der Waals surface area contributed by atoms with E-state index in [0.29, 0.717) is 10.7 Å². The third-order valence-corrected chi connectivity index (χ3v) is 3.92. The van der Waals surface area contributed by atoms with E-state index < -0.39 is 18.5 Å². The van der Waals surface area contributed by atoms with Crippen molar-refractivity contribution in [1.29, 1.82) is 0 Å². The van der Waals surface area contributed by atoms with E-state index in [1.807, 2.05) is 0 Å². The topological polar surface area (TPSA) is 90.3 Å². The van der Waals surface area contributed by atoms with Crippen molar-refractivity contribution < 1.29 is 19.1 Å². The van der Waals surface area contributed by atoms with Gasteiger partial charge in [-0.05, 0) is 26.0 Å². The van der Waals surface area contributed by atoms with Crippen LogP contribution in [0.25, 0.3) is 0 Å². The van der Waals surface area contributed by atoms with Crippen LogP contribution in [0.4, 0.5) is 5.82 Å². The molecule has 116 valence electrons. The summed E-state index contributed by atoms with van der Waals surface area (Å²) < 4.78 is 6.44. The minimum absolute atomic E-state index is 0.117. The van der Waals surface area contributed by atoms with Crippen LogP contribution in [-0.2, 0) is 16.6 Å². The average Bonchev–Trinajstić information content (AvgIpc) is 3.04. The molecule has 7 nitrogen and oxygen atoms in total. The maximum Gasteiger partial charge on any atom is 0.348 e. The fourth-order valence-electron chi connectivity index (χ4n) is 1.75. The first-order chi connectivity index (χ1) is 10.4. The molecule has 22 heavy (non-hydrogen) atoms. The average molecular weight is 321 g/mol. The molecule has 0 atom stereocenters. The molecule has 2 rings (SSSR count). The molecule has 0 radical (unpaired) electrons. The second kappa shape index (κ2) is 6.52. The number of nitrogens with zero attached hydrogens (tertiary/aromatic N) is 2. The van der Waals surface area contributed by atoms with E-state index in [1.165, 1.54) is 17.7 Å². The number of carbonyl (C=O) groups excluding carboxylic acids is 3. The van der Waals surface area contributed by atoms with Gasteiger partial charge in [-0.3, -0.25) is 14.3 Å². The Morgan fingerprint density at radius 3 is 2.55 bits per heavy atom. The number of carbonyl (C=O) groups is 3. The van der Waals surface area contributed by atoms with Gasteiger partial charge < -0.3 is 10.1 Å². The van der Waals surface area contributed by atoms with E-state index in [9.17, 15) is 14.4 Å². The second-order valence-electron chi connectivity index (χ2n) is 4.64. The van der Waals surface area contributed by atoms with Gasteiger partial charge in [-0.15, -0.1) is 11.3 Å².